The summed E-state index contributed by atoms with van der Waals surface area (Å²) in [7, 11) is 0. The van der Waals surface area contributed by atoms with Gasteiger partial charge in [0.05, 0.1) is 0 Å². The van der Waals surface area contributed by atoms with Crippen LogP contribution in [0.1, 0.15) is 14.2 Å². The lowest BCUT2D eigenvalue weighted by molar-refractivity contribution is -0.496. The minimum Gasteiger partial charge on any atom is -0.264 e. The summed E-state index contributed by atoms with van der Waals surface area (Å²) in [5, 5.41) is 10.8. The van der Waals surface area contributed by atoms with Crippen molar-refractivity contribution in [2.75, 3.05) is 0 Å². The van der Waals surface area contributed by atoms with E-state index in [0.29, 0.717) is 0 Å². The number of nitrogens with zero attached hydrogens (tertiary/aromatic N) is 1. The summed E-state index contributed by atoms with van der Waals surface area (Å²) in [5.41, 5.74) is 2.53. The van der Waals surface area contributed by atoms with Crippen molar-refractivity contribution in [3.05, 3.63) is 106 Å². The second kappa shape index (κ2) is 5.75. The maximum absolute atomic E-state index is 10.8. The Bertz CT molecular complexity index is 756. The molecule has 2 aliphatic carbocycles. The molecule has 0 amide bonds. The highest BCUT2D eigenvalue weighted by molar-refractivity contribution is 5.52. The van der Waals surface area contributed by atoms with E-state index in [1.165, 1.54) is 12.2 Å². The third-order valence-corrected chi connectivity index (χ3v) is 3.40. The number of allylic oxidation sites excluding steroid dienone is 8. The standard InChI is InChI=1S/C18H15NO2/c20-19(21)18-12-10-17(11-13-18)16-8-6-15(7-9-16)14-4-2-1-3-5-14/h1-13,15,18H/i15D,18D. The smallest absolute Gasteiger partial charge is 0.250 e. The molecule has 1 aromatic rings. The van der Waals surface area contributed by atoms with Crippen molar-refractivity contribution in [3.63, 3.8) is 0 Å². The van der Waals surface area contributed by atoms with Crippen LogP contribution in [0.25, 0.3) is 0 Å². The lowest BCUT2D eigenvalue weighted by atomic mass is 9.90. The Balaban J connectivity index is 1.87. The van der Waals surface area contributed by atoms with Crippen molar-refractivity contribution in [2.24, 2.45) is 0 Å². The first-order valence-electron chi connectivity index (χ1n) is 7.64. The molecule has 0 saturated carbocycles. The van der Waals surface area contributed by atoms with E-state index >= 15 is 0 Å². The highest BCUT2D eigenvalue weighted by Gasteiger charge is 2.16. The molecule has 2 aliphatic rings. The highest BCUT2D eigenvalue weighted by atomic mass is 16.6. The normalized spacial score (nSPS) is 32.0. The molecular formula is C18H15NO2. The third-order valence-electron chi connectivity index (χ3n) is 3.40. The molecule has 3 nitrogen and oxygen atoms in total. The van der Waals surface area contributed by atoms with E-state index in [-0.39, 0.29) is 0 Å². The Labute approximate surface area is 126 Å². The molecule has 0 unspecified atom stereocenters. The zero-order valence-corrected chi connectivity index (χ0v) is 11.3. The average molecular weight is 279 g/mol. The number of hydrogen-bond acceptors (Lipinski definition) is 2. The zero-order valence-electron chi connectivity index (χ0n) is 13.3. The van der Waals surface area contributed by atoms with Gasteiger partial charge in [-0.05, 0) is 28.9 Å². The average Bonchev–Trinajstić information content (AvgIpc) is 2.57. The first-order valence-corrected chi connectivity index (χ1v) is 6.64. The van der Waals surface area contributed by atoms with Crippen LogP contribution in [0.3, 0.4) is 0 Å². The molecule has 0 radical (unpaired) electrons. The third kappa shape index (κ3) is 2.92. The van der Waals surface area contributed by atoms with Crippen molar-refractivity contribution in [1.82, 2.24) is 0 Å². The van der Waals surface area contributed by atoms with Crippen molar-refractivity contribution in [1.29, 1.82) is 0 Å². The van der Waals surface area contributed by atoms with Crippen LogP contribution in [0.4, 0.5) is 0 Å². The second-order valence-corrected chi connectivity index (χ2v) is 4.75. The zero-order chi connectivity index (χ0) is 16.5. The van der Waals surface area contributed by atoms with Gasteiger partial charge in [0.15, 0.2) is 0 Å². The van der Waals surface area contributed by atoms with E-state index in [1.807, 2.05) is 42.5 Å². The second-order valence-electron chi connectivity index (χ2n) is 4.75. The summed E-state index contributed by atoms with van der Waals surface area (Å²) >= 11 is 0. The molecule has 21 heavy (non-hydrogen) atoms. The van der Waals surface area contributed by atoms with Gasteiger partial charge in [-0.25, -0.2) is 0 Å². The fraction of sp³-hybridized carbons (Fsp3) is 0.111. The molecule has 0 bridgehead atoms. The lowest BCUT2D eigenvalue weighted by Crippen LogP contribution is -2.15. The monoisotopic (exact) mass is 279 g/mol. The Hall–Kier alpha value is -2.68. The molecule has 0 saturated heterocycles. The minimum atomic E-state index is -1.89. The largest absolute Gasteiger partial charge is 0.264 e. The molecule has 0 atom stereocenters. The van der Waals surface area contributed by atoms with Crippen LogP contribution in [0.2, 0.25) is 0 Å². The van der Waals surface area contributed by atoms with E-state index in [4.69, 9.17) is 2.74 Å². The maximum atomic E-state index is 10.8. The van der Waals surface area contributed by atoms with Crippen LogP contribution in [0.15, 0.2) is 90.1 Å². The molecule has 3 rings (SSSR count). The molecule has 0 aliphatic heterocycles. The summed E-state index contributed by atoms with van der Waals surface area (Å²) in [5.74, 6) is -0.909. The molecule has 0 heterocycles. The van der Waals surface area contributed by atoms with E-state index in [0.717, 1.165) is 16.7 Å². The van der Waals surface area contributed by atoms with Crippen LogP contribution >= 0.6 is 0 Å². The Kier molecular flexibility index (Phi) is 3.02. The van der Waals surface area contributed by atoms with Gasteiger partial charge in [0.1, 0.15) is 1.37 Å². The van der Waals surface area contributed by atoms with Gasteiger partial charge in [-0.15, -0.1) is 0 Å². The Morgan fingerprint density at radius 2 is 1.43 bits per heavy atom. The predicted molar refractivity (Wildman–Crippen MR) is 83.6 cm³/mol. The number of nitro groups is 1. The van der Waals surface area contributed by atoms with E-state index < -0.39 is 16.8 Å². The molecule has 0 spiro atoms. The maximum Gasteiger partial charge on any atom is 0.250 e. The van der Waals surface area contributed by atoms with Gasteiger partial charge in [-0.3, -0.25) is 10.1 Å². The van der Waals surface area contributed by atoms with Crippen LogP contribution in [-0.2, 0) is 0 Å². The summed E-state index contributed by atoms with van der Waals surface area (Å²) in [6.07, 6.45) is 13.0. The summed E-state index contributed by atoms with van der Waals surface area (Å²) < 4.78 is 16.2. The number of hydrogen-bond donors (Lipinski definition) is 0. The SMILES string of the molecule is [2H]C1(c2ccccc2)C=CC(=C2C=CC([2H])([N+](=O)[O-])C=C2)C=C1. The quantitative estimate of drug-likeness (QED) is 0.607. The van der Waals surface area contributed by atoms with Crippen LogP contribution in [-0.4, -0.2) is 10.9 Å². The predicted octanol–water partition coefficient (Wildman–Crippen LogP) is 3.96. The molecule has 104 valence electrons. The molecule has 1 aromatic carbocycles. The van der Waals surface area contributed by atoms with Crippen molar-refractivity contribution in [3.8, 4) is 0 Å². The van der Waals surface area contributed by atoms with Gasteiger partial charge in [0.25, 0.3) is 0 Å². The number of rotatable bonds is 2. The van der Waals surface area contributed by atoms with E-state index in [1.54, 1.807) is 24.3 Å². The molecule has 0 fully saturated rings. The van der Waals surface area contributed by atoms with Gasteiger partial charge < -0.3 is 0 Å². The lowest BCUT2D eigenvalue weighted by Gasteiger charge is -2.14. The van der Waals surface area contributed by atoms with Gasteiger partial charge in [0, 0.05) is 12.2 Å². The Morgan fingerprint density at radius 3 is 1.95 bits per heavy atom. The van der Waals surface area contributed by atoms with Gasteiger partial charge >= 0.3 is 0 Å². The first-order chi connectivity index (χ1) is 10.9. The summed E-state index contributed by atoms with van der Waals surface area (Å²) in [4.78, 5) is 10.2. The van der Waals surface area contributed by atoms with E-state index in [9.17, 15) is 10.1 Å². The van der Waals surface area contributed by atoms with Crippen LogP contribution in [0.5, 0.6) is 0 Å². The van der Waals surface area contributed by atoms with Crippen LogP contribution < -0.4 is 0 Å². The molecular weight excluding hydrogens is 262 g/mol. The van der Waals surface area contributed by atoms with Crippen molar-refractivity contribution < 1.29 is 7.66 Å². The molecule has 0 aromatic heterocycles. The fourth-order valence-corrected chi connectivity index (χ4v) is 2.26. The molecule has 0 N–H and O–H groups in total. The topological polar surface area (TPSA) is 43.1 Å². The van der Waals surface area contributed by atoms with Crippen molar-refractivity contribution in [2.45, 2.75) is 11.9 Å². The van der Waals surface area contributed by atoms with Gasteiger partial charge in [0.2, 0.25) is 6.02 Å². The van der Waals surface area contributed by atoms with Crippen LogP contribution in [0, 0.1) is 10.1 Å². The van der Waals surface area contributed by atoms with Gasteiger partial charge in [-0.1, -0.05) is 66.8 Å². The first kappa shape index (κ1) is 11.0. The number of benzene rings is 1. The van der Waals surface area contributed by atoms with Gasteiger partial charge in [-0.2, -0.15) is 0 Å². The summed E-state index contributed by atoms with van der Waals surface area (Å²) in [6, 6.07) is 7.64. The highest BCUT2D eigenvalue weighted by Crippen LogP contribution is 2.27. The van der Waals surface area contributed by atoms with Crippen molar-refractivity contribution >= 4 is 0 Å². The molecule has 3 heteroatoms. The minimum absolute atomic E-state index is 0.641. The van der Waals surface area contributed by atoms with E-state index in [2.05, 4.69) is 0 Å². The summed E-state index contributed by atoms with van der Waals surface area (Å²) in [6.45, 7) is 0. The Morgan fingerprint density at radius 1 is 0.905 bits per heavy atom. The fourth-order valence-electron chi connectivity index (χ4n) is 2.26.